The Morgan fingerprint density at radius 1 is 0.490 bits per heavy atom. The van der Waals surface area contributed by atoms with Crippen LogP contribution in [0.5, 0.6) is 0 Å². The number of hydrogen-bond acceptors (Lipinski definition) is 4. The number of ether oxygens (including phenoxy) is 2. The van der Waals surface area contributed by atoms with Crippen molar-refractivity contribution in [1.82, 2.24) is 0 Å². The summed E-state index contributed by atoms with van der Waals surface area (Å²) >= 11 is 0. The van der Waals surface area contributed by atoms with Gasteiger partial charge in [0.1, 0.15) is 6.10 Å². The number of allylic oxidation sites excluding steroid dienone is 13. The van der Waals surface area contributed by atoms with Gasteiger partial charge in [0, 0.05) is 6.42 Å². The Balaban J connectivity index is 3.54. The highest BCUT2D eigenvalue weighted by atomic mass is 16.6. The summed E-state index contributed by atoms with van der Waals surface area (Å²) in [5, 5.41) is 9.58. The number of carbonyl (C=O) groups excluding carboxylic acids is 1. The molecule has 1 unspecified atom stereocenters. The lowest BCUT2D eigenvalue weighted by molar-refractivity contribution is -0.154. The molecular weight excluding hydrogens is 629 g/mol. The minimum atomic E-state index is -0.579. The first kappa shape index (κ1) is 48.6. The molecule has 1 atom stereocenters. The van der Waals surface area contributed by atoms with Crippen molar-refractivity contribution in [3.05, 3.63) is 85.1 Å². The molecule has 4 heteroatoms. The summed E-state index contributed by atoms with van der Waals surface area (Å²) in [6.45, 7) is 5.00. The summed E-state index contributed by atoms with van der Waals surface area (Å²) in [5.41, 5.74) is 0. The van der Waals surface area contributed by atoms with Crippen LogP contribution in [0.2, 0.25) is 0 Å². The van der Waals surface area contributed by atoms with Crippen LogP contribution in [-0.2, 0) is 14.3 Å². The fourth-order valence-electron chi connectivity index (χ4n) is 5.60. The molecule has 0 aromatic carbocycles. The lowest BCUT2D eigenvalue weighted by Gasteiger charge is -2.15. The Labute approximate surface area is 316 Å². The van der Waals surface area contributed by atoms with E-state index in [0.29, 0.717) is 13.0 Å². The van der Waals surface area contributed by atoms with Crippen molar-refractivity contribution in [3.63, 3.8) is 0 Å². The van der Waals surface area contributed by atoms with Crippen LogP contribution in [0.1, 0.15) is 181 Å². The van der Waals surface area contributed by atoms with E-state index in [1.807, 2.05) is 0 Å². The monoisotopic (exact) mass is 709 g/mol. The standard InChI is InChI=1S/C47H80O4/c1-3-5-7-9-11-13-15-17-19-21-22-23-24-25-26-27-28-30-32-34-36-38-40-42-47(49)51-46(44-48)45-50-43-41-39-37-35-33-31-29-20-18-16-14-12-10-8-6-4-2/h6,8,12,14-15,17-18,20-22,31,33,37,39,46,48H,3-5,7,9-11,13,16,19,23-30,32,34-36,38,40-45H2,1-2H3/b8-6-,14-12-,17-15-,20-18-,22-21-,33-31-,39-37-. The van der Waals surface area contributed by atoms with Crippen LogP contribution in [0.4, 0.5) is 0 Å². The number of aliphatic hydroxyl groups excluding tert-OH is 1. The molecule has 0 aromatic heterocycles. The molecule has 0 fully saturated rings. The van der Waals surface area contributed by atoms with E-state index in [-0.39, 0.29) is 19.2 Å². The predicted molar refractivity (Wildman–Crippen MR) is 223 cm³/mol. The second kappa shape index (κ2) is 43.7. The van der Waals surface area contributed by atoms with Crippen LogP contribution < -0.4 is 0 Å². The summed E-state index contributed by atoms with van der Waals surface area (Å²) in [6, 6.07) is 0. The van der Waals surface area contributed by atoms with Gasteiger partial charge in [-0.2, -0.15) is 0 Å². The molecule has 0 aliphatic heterocycles. The van der Waals surface area contributed by atoms with Gasteiger partial charge in [-0.3, -0.25) is 4.79 Å². The first-order chi connectivity index (χ1) is 25.2. The summed E-state index contributed by atoms with van der Waals surface area (Å²) in [7, 11) is 0. The Kier molecular flexibility index (Phi) is 41.6. The minimum absolute atomic E-state index is 0.207. The third-order valence-electron chi connectivity index (χ3n) is 8.72. The summed E-state index contributed by atoms with van der Waals surface area (Å²) < 4.78 is 11.1. The third kappa shape index (κ3) is 41.9. The molecule has 0 aliphatic carbocycles. The van der Waals surface area contributed by atoms with Crippen molar-refractivity contribution in [2.24, 2.45) is 0 Å². The van der Waals surface area contributed by atoms with Crippen LogP contribution in [0.25, 0.3) is 0 Å². The van der Waals surface area contributed by atoms with Crippen LogP contribution in [-0.4, -0.2) is 37.0 Å². The van der Waals surface area contributed by atoms with Crippen molar-refractivity contribution in [1.29, 1.82) is 0 Å². The highest BCUT2D eigenvalue weighted by Gasteiger charge is 2.13. The molecule has 292 valence electrons. The van der Waals surface area contributed by atoms with Crippen molar-refractivity contribution >= 4 is 5.97 Å². The van der Waals surface area contributed by atoms with Gasteiger partial charge in [-0.15, -0.1) is 0 Å². The number of esters is 1. The Hall–Kier alpha value is -2.43. The van der Waals surface area contributed by atoms with Gasteiger partial charge in [0.25, 0.3) is 0 Å². The van der Waals surface area contributed by atoms with Gasteiger partial charge in [0.2, 0.25) is 0 Å². The summed E-state index contributed by atoms with van der Waals surface area (Å²) in [6.07, 6.45) is 60.9. The molecule has 0 rings (SSSR count). The number of unbranched alkanes of at least 4 members (excludes halogenated alkanes) is 16. The number of aliphatic hydroxyl groups is 1. The van der Waals surface area contributed by atoms with Crippen LogP contribution in [0.3, 0.4) is 0 Å². The first-order valence-corrected chi connectivity index (χ1v) is 21.2. The zero-order chi connectivity index (χ0) is 37.0. The van der Waals surface area contributed by atoms with E-state index in [0.717, 1.165) is 57.8 Å². The largest absolute Gasteiger partial charge is 0.457 e. The summed E-state index contributed by atoms with van der Waals surface area (Å²) in [5.74, 6) is -0.230. The number of carbonyl (C=O) groups is 1. The molecule has 4 nitrogen and oxygen atoms in total. The number of rotatable bonds is 38. The molecule has 0 aliphatic rings. The molecule has 0 bridgehead atoms. The highest BCUT2D eigenvalue weighted by Crippen LogP contribution is 2.13. The lowest BCUT2D eigenvalue weighted by Crippen LogP contribution is -2.27. The summed E-state index contributed by atoms with van der Waals surface area (Å²) in [4.78, 5) is 12.2. The molecule has 0 aromatic rings. The van der Waals surface area contributed by atoms with Gasteiger partial charge in [0.05, 0.1) is 19.8 Å². The van der Waals surface area contributed by atoms with E-state index in [9.17, 15) is 9.90 Å². The van der Waals surface area contributed by atoms with E-state index in [1.165, 1.54) is 103 Å². The van der Waals surface area contributed by atoms with Gasteiger partial charge in [0.15, 0.2) is 0 Å². The zero-order valence-electron chi connectivity index (χ0n) is 33.3. The average molecular weight is 709 g/mol. The van der Waals surface area contributed by atoms with Crippen LogP contribution in [0, 0.1) is 0 Å². The Morgan fingerprint density at radius 3 is 1.33 bits per heavy atom. The van der Waals surface area contributed by atoms with Gasteiger partial charge < -0.3 is 14.6 Å². The van der Waals surface area contributed by atoms with Gasteiger partial charge in [-0.05, 0) is 77.0 Å². The van der Waals surface area contributed by atoms with Crippen molar-refractivity contribution in [2.45, 2.75) is 187 Å². The van der Waals surface area contributed by atoms with E-state index in [4.69, 9.17) is 9.47 Å². The molecule has 0 amide bonds. The Bertz CT molecular complexity index is 923. The molecule has 0 saturated heterocycles. The smallest absolute Gasteiger partial charge is 0.306 e. The molecule has 0 heterocycles. The van der Waals surface area contributed by atoms with E-state index in [2.05, 4.69) is 98.9 Å². The highest BCUT2D eigenvalue weighted by molar-refractivity contribution is 5.69. The van der Waals surface area contributed by atoms with Crippen LogP contribution in [0.15, 0.2) is 85.1 Å². The van der Waals surface area contributed by atoms with Crippen LogP contribution >= 0.6 is 0 Å². The lowest BCUT2D eigenvalue weighted by atomic mass is 10.0. The normalized spacial score (nSPS) is 13.2. The molecule has 0 saturated carbocycles. The van der Waals surface area contributed by atoms with Gasteiger partial charge in [-0.1, -0.05) is 182 Å². The maximum Gasteiger partial charge on any atom is 0.306 e. The first-order valence-electron chi connectivity index (χ1n) is 21.2. The van der Waals surface area contributed by atoms with Crippen molar-refractivity contribution in [2.75, 3.05) is 19.8 Å². The molecule has 1 N–H and O–H groups in total. The van der Waals surface area contributed by atoms with Crippen molar-refractivity contribution in [3.8, 4) is 0 Å². The Morgan fingerprint density at radius 2 is 0.882 bits per heavy atom. The predicted octanol–water partition coefficient (Wildman–Crippen LogP) is 14.0. The molecule has 51 heavy (non-hydrogen) atoms. The SMILES string of the molecule is CC/C=C\C/C=C\C/C=C\C/C=C\C/C=C\CCOCC(CO)OC(=O)CCCCCCCCCCCCC/C=C\C/C=C\CCCCCCC. The van der Waals surface area contributed by atoms with Crippen molar-refractivity contribution < 1.29 is 19.4 Å². The number of hydrogen-bond donors (Lipinski definition) is 1. The fraction of sp³-hybridized carbons (Fsp3) is 0.681. The van der Waals surface area contributed by atoms with E-state index in [1.54, 1.807) is 0 Å². The van der Waals surface area contributed by atoms with Gasteiger partial charge >= 0.3 is 5.97 Å². The quantitative estimate of drug-likeness (QED) is 0.0394. The van der Waals surface area contributed by atoms with E-state index < -0.39 is 6.10 Å². The fourth-order valence-corrected chi connectivity index (χ4v) is 5.60. The topological polar surface area (TPSA) is 55.8 Å². The minimum Gasteiger partial charge on any atom is -0.457 e. The average Bonchev–Trinajstić information content (AvgIpc) is 3.14. The molecule has 0 radical (unpaired) electrons. The molecule has 0 spiro atoms. The molecular formula is C47H80O4. The second-order valence-corrected chi connectivity index (χ2v) is 13.7. The third-order valence-corrected chi connectivity index (χ3v) is 8.72. The maximum atomic E-state index is 12.2. The second-order valence-electron chi connectivity index (χ2n) is 13.7. The van der Waals surface area contributed by atoms with Gasteiger partial charge in [-0.25, -0.2) is 0 Å². The van der Waals surface area contributed by atoms with E-state index >= 15 is 0 Å². The zero-order valence-corrected chi connectivity index (χ0v) is 33.3. The maximum absolute atomic E-state index is 12.2.